The van der Waals surface area contributed by atoms with Crippen LogP contribution in [0.15, 0.2) is 23.5 Å². The highest BCUT2D eigenvalue weighted by atomic mass is 79.9. The third kappa shape index (κ3) is 3.68. The summed E-state index contributed by atoms with van der Waals surface area (Å²) in [5.74, 6) is 1.94. The first-order chi connectivity index (χ1) is 8.15. The zero-order chi connectivity index (χ0) is 12.3. The molecule has 1 aliphatic heterocycles. The molecule has 0 spiro atoms. The molecule has 0 unspecified atom stereocenters. The summed E-state index contributed by atoms with van der Waals surface area (Å²) in [6, 6.07) is 0. The average Bonchev–Trinajstić information content (AvgIpc) is 2.64. The van der Waals surface area contributed by atoms with Crippen molar-refractivity contribution in [3.05, 3.63) is 29.3 Å². The van der Waals surface area contributed by atoms with Crippen LogP contribution in [-0.4, -0.2) is 34.1 Å². The van der Waals surface area contributed by atoms with Crippen LogP contribution in [0.5, 0.6) is 0 Å². The number of nitrogens with zero attached hydrogens (tertiary/aromatic N) is 3. The molecule has 1 fully saturated rings. The van der Waals surface area contributed by atoms with E-state index in [1.165, 1.54) is 25.2 Å². The van der Waals surface area contributed by atoms with E-state index in [0.717, 1.165) is 29.9 Å². The van der Waals surface area contributed by atoms with E-state index in [-0.39, 0.29) is 0 Å². The number of hydrogen-bond donors (Lipinski definition) is 0. The zero-order valence-electron chi connectivity index (χ0n) is 10.4. The molecule has 0 bridgehead atoms. The largest absolute Gasteiger partial charge is 0.338 e. The number of likely N-dealkylation sites (tertiary alicyclic amines) is 1. The predicted octanol–water partition coefficient (Wildman–Crippen LogP) is 2.58. The van der Waals surface area contributed by atoms with Crippen molar-refractivity contribution < 1.29 is 0 Å². The van der Waals surface area contributed by atoms with E-state index in [4.69, 9.17) is 0 Å². The standard InChI is InChI=1S/C13H20BrN3/c1-11(14)9-17-6-3-4-12(10-17)8-13-15-5-7-16(13)2/h5,7,12H,1,3-4,6,8-10H2,2H3/t12-/m1/s1. The maximum Gasteiger partial charge on any atom is 0.108 e. The maximum atomic E-state index is 4.41. The summed E-state index contributed by atoms with van der Waals surface area (Å²) in [6.07, 6.45) is 7.61. The van der Waals surface area contributed by atoms with Crippen LogP contribution >= 0.6 is 15.9 Å². The van der Waals surface area contributed by atoms with E-state index >= 15 is 0 Å². The van der Waals surface area contributed by atoms with Crippen LogP contribution < -0.4 is 0 Å². The highest BCUT2D eigenvalue weighted by molar-refractivity contribution is 9.11. The fraction of sp³-hybridized carbons (Fsp3) is 0.615. The normalized spacial score (nSPS) is 21.6. The summed E-state index contributed by atoms with van der Waals surface area (Å²) in [5, 5.41) is 0. The van der Waals surface area contributed by atoms with Gasteiger partial charge < -0.3 is 4.57 Å². The van der Waals surface area contributed by atoms with Gasteiger partial charge in [-0.3, -0.25) is 4.90 Å². The van der Waals surface area contributed by atoms with E-state index in [1.807, 2.05) is 12.4 Å². The summed E-state index contributed by atoms with van der Waals surface area (Å²) in [7, 11) is 2.07. The Morgan fingerprint density at radius 1 is 1.65 bits per heavy atom. The van der Waals surface area contributed by atoms with E-state index in [2.05, 4.69) is 44.0 Å². The number of aromatic nitrogens is 2. The molecule has 1 aromatic rings. The SMILES string of the molecule is C=C(Br)CN1CCC[C@H](Cc2nccn2C)C1. The van der Waals surface area contributed by atoms with Gasteiger partial charge in [0.2, 0.25) is 0 Å². The zero-order valence-corrected chi connectivity index (χ0v) is 12.0. The Hall–Kier alpha value is -0.610. The smallest absolute Gasteiger partial charge is 0.108 e. The van der Waals surface area contributed by atoms with Gasteiger partial charge in [0, 0.05) is 43.4 Å². The first kappa shape index (κ1) is 12.8. The molecule has 0 radical (unpaired) electrons. The van der Waals surface area contributed by atoms with Gasteiger partial charge in [-0.25, -0.2) is 4.98 Å². The van der Waals surface area contributed by atoms with Crippen LogP contribution in [0.3, 0.4) is 0 Å². The molecule has 1 aromatic heterocycles. The van der Waals surface area contributed by atoms with Gasteiger partial charge in [0.15, 0.2) is 0 Å². The van der Waals surface area contributed by atoms with E-state index in [9.17, 15) is 0 Å². The lowest BCUT2D eigenvalue weighted by molar-refractivity contribution is 0.188. The van der Waals surface area contributed by atoms with Crippen molar-refractivity contribution in [2.45, 2.75) is 19.3 Å². The number of halogens is 1. The lowest BCUT2D eigenvalue weighted by atomic mass is 9.94. The highest BCUT2D eigenvalue weighted by Gasteiger charge is 2.21. The van der Waals surface area contributed by atoms with Crippen LogP contribution in [0.25, 0.3) is 0 Å². The van der Waals surface area contributed by atoms with Crippen molar-refractivity contribution in [3.8, 4) is 0 Å². The molecule has 0 amide bonds. The van der Waals surface area contributed by atoms with Crippen molar-refractivity contribution in [2.24, 2.45) is 13.0 Å². The molecule has 2 heterocycles. The number of hydrogen-bond acceptors (Lipinski definition) is 2. The monoisotopic (exact) mass is 297 g/mol. The predicted molar refractivity (Wildman–Crippen MR) is 74.1 cm³/mol. The fourth-order valence-electron chi connectivity index (χ4n) is 2.56. The summed E-state index contributed by atoms with van der Waals surface area (Å²) in [4.78, 5) is 6.89. The lowest BCUT2D eigenvalue weighted by Gasteiger charge is -2.32. The van der Waals surface area contributed by atoms with Gasteiger partial charge in [-0.1, -0.05) is 22.5 Å². The lowest BCUT2D eigenvalue weighted by Crippen LogP contribution is -2.37. The maximum absolute atomic E-state index is 4.41. The minimum atomic E-state index is 0.733. The summed E-state index contributed by atoms with van der Waals surface area (Å²) < 4.78 is 3.21. The molecule has 1 saturated heterocycles. The first-order valence-corrected chi connectivity index (χ1v) is 6.96. The second-order valence-corrected chi connectivity index (χ2v) is 6.04. The molecule has 0 aromatic carbocycles. The minimum absolute atomic E-state index is 0.733. The Labute approximate surface area is 112 Å². The molecule has 0 N–H and O–H groups in total. The molecule has 2 rings (SSSR count). The van der Waals surface area contributed by atoms with Crippen molar-refractivity contribution in [3.63, 3.8) is 0 Å². The van der Waals surface area contributed by atoms with Gasteiger partial charge in [0.05, 0.1) is 0 Å². The number of imidazole rings is 1. The molecule has 4 heteroatoms. The van der Waals surface area contributed by atoms with Crippen LogP contribution in [0.4, 0.5) is 0 Å². The Morgan fingerprint density at radius 2 is 2.47 bits per heavy atom. The minimum Gasteiger partial charge on any atom is -0.338 e. The van der Waals surface area contributed by atoms with Gasteiger partial charge in [0.1, 0.15) is 5.82 Å². The third-order valence-corrected chi connectivity index (χ3v) is 3.64. The Kier molecular flexibility index (Phi) is 4.40. The van der Waals surface area contributed by atoms with E-state index in [1.54, 1.807) is 0 Å². The van der Waals surface area contributed by atoms with Crippen LogP contribution in [-0.2, 0) is 13.5 Å². The molecule has 1 atom stereocenters. The Morgan fingerprint density at radius 3 is 3.12 bits per heavy atom. The van der Waals surface area contributed by atoms with Gasteiger partial charge >= 0.3 is 0 Å². The summed E-state index contributed by atoms with van der Waals surface area (Å²) in [5.41, 5.74) is 0. The summed E-state index contributed by atoms with van der Waals surface area (Å²) in [6.45, 7) is 7.25. The molecule has 17 heavy (non-hydrogen) atoms. The summed E-state index contributed by atoms with van der Waals surface area (Å²) >= 11 is 3.45. The number of rotatable bonds is 4. The molecule has 1 aliphatic rings. The second kappa shape index (κ2) is 5.83. The fourth-order valence-corrected chi connectivity index (χ4v) is 2.91. The molecular weight excluding hydrogens is 278 g/mol. The van der Waals surface area contributed by atoms with Crippen molar-refractivity contribution in [1.82, 2.24) is 14.5 Å². The van der Waals surface area contributed by atoms with Crippen molar-refractivity contribution in [2.75, 3.05) is 19.6 Å². The van der Waals surface area contributed by atoms with Gasteiger partial charge in [0.25, 0.3) is 0 Å². The topological polar surface area (TPSA) is 21.1 Å². The van der Waals surface area contributed by atoms with Gasteiger partial charge in [-0.15, -0.1) is 0 Å². The van der Waals surface area contributed by atoms with Gasteiger partial charge in [-0.05, 0) is 25.3 Å². The van der Waals surface area contributed by atoms with Crippen molar-refractivity contribution >= 4 is 15.9 Å². The Balaban J connectivity index is 1.89. The molecule has 0 aliphatic carbocycles. The first-order valence-electron chi connectivity index (χ1n) is 6.17. The van der Waals surface area contributed by atoms with Crippen molar-refractivity contribution in [1.29, 1.82) is 0 Å². The number of piperidine rings is 1. The number of aryl methyl sites for hydroxylation is 1. The van der Waals surface area contributed by atoms with E-state index in [0.29, 0.717) is 0 Å². The van der Waals surface area contributed by atoms with Crippen LogP contribution in [0.1, 0.15) is 18.7 Å². The highest BCUT2D eigenvalue weighted by Crippen LogP contribution is 2.21. The van der Waals surface area contributed by atoms with Crippen LogP contribution in [0, 0.1) is 5.92 Å². The third-order valence-electron chi connectivity index (χ3n) is 3.39. The second-order valence-electron chi connectivity index (χ2n) is 4.92. The average molecular weight is 298 g/mol. The Bertz CT molecular complexity index is 386. The van der Waals surface area contributed by atoms with Gasteiger partial charge in [-0.2, -0.15) is 0 Å². The van der Waals surface area contributed by atoms with Crippen LogP contribution in [0.2, 0.25) is 0 Å². The molecular formula is C13H20BrN3. The van der Waals surface area contributed by atoms with E-state index < -0.39 is 0 Å². The molecule has 3 nitrogen and oxygen atoms in total. The molecule has 94 valence electrons. The molecule has 0 saturated carbocycles. The quantitative estimate of drug-likeness (QED) is 0.852.